The summed E-state index contributed by atoms with van der Waals surface area (Å²) in [6.45, 7) is 2.29. The molecule has 4 aromatic rings. The average molecular weight is 681 g/mol. The Morgan fingerprint density at radius 2 is 2.00 bits per heavy atom. The quantitative estimate of drug-likeness (QED) is 0.205. The van der Waals surface area contributed by atoms with Crippen LogP contribution in [0.25, 0.3) is 11.3 Å². The summed E-state index contributed by atoms with van der Waals surface area (Å²) in [4.78, 5) is 25.2. The number of hydrogen-bond donors (Lipinski definition) is 3. The maximum atomic E-state index is 14.1. The maximum Gasteiger partial charge on any atom is 0.421 e. The van der Waals surface area contributed by atoms with E-state index < -0.39 is 31.1 Å². The molecule has 0 fully saturated rings. The number of aromatic nitrogens is 5. The van der Waals surface area contributed by atoms with Crippen LogP contribution in [0.5, 0.6) is 5.75 Å². The van der Waals surface area contributed by atoms with Crippen molar-refractivity contribution in [3.8, 4) is 17.0 Å². The lowest BCUT2D eigenvalue weighted by atomic mass is 10.1. The molecule has 1 atom stereocenters. The Labute approximate surface area is 266 Å². The van der Waals surface area contributed by atoms with E-state index in [1.807, 2.05) is 0 Å². The number of carbonyl (C=O) groups excluding carboxylic acids is 1. The number of pyridine rings is 1. The highest BCUT2D eigenvalue weighted by molar-refractivity contribution is 7.53. The van der Waals surface area contributed by atoms with Crippen LogP contribution < -0.4 is 20.7 Å². The van der Waals surface area contributed by atoms with Crippen molar-refractivity contribution in [1.29, 1.82) is 0 Å². The van der Waals surface area contributed by atoms with Gasteiger partial charge in [-0.3, -0.25) is 14.0 Å². The Morgan fingerprint density at radius 3 is 2.72 bits per heavy atom. The van der Waals surface area contributed by atoms with Crippen molar-refractivity contribution in [2.24, 2.45) is 0 Å². The van der Waals surface area contributed by atoms with E-state index in [0.717, 1.165) is 0 Å². The number of carbonyl (C=O) groups is 1. The second-order valence-corrected chi connectivity index (χ2v) is 12.3. The van der Waals surface area contributed by atoms with Crippen LogP contribution in [0.15, 0.2) is 42.9 Å². The molecule has 8 rings (SSSR count). The van der Waals surface area contributed by atoms with Gasteiger partial charge in [0.25, 0.3) is 5.91 Å². The van der Waals surface area contributed by atoms with Gasteiger partial charge in [-0.05, 0) is 43.2 Å². The molecule has 1 amide bonds. The minimum absolute atomic E-state index is 0.0337. The third kappa shape index (κ3) is 7.41. The predicted molar refractivity (Wildman–Crippen MR) is 164 cm³/mol. The molecule has 0 unspecified atom stereocenters. The molecule has 3 N–H and O–H groups in total. The van der Waals surface area contributed by atoms with Crippen LogP contribution in [-0.4, -0.2) is 58.0 Å². The number of benzene rings is 1. The topological polar surface area (TPSA) is 154 Å². The van der Waals surface area contributed by atoms with Gasteiger partial charge >= 0.3 is 13.8 Å². The molecular formula is C28H29ClF3N8O5P. The second-order valence-electron chi connectivity index (χ2n) is 9.88. The number of hydrogen-bond acceptors (Lipinski definition) is 11. The highest BCUT2D eigenvalue weighted by atomic mass is 35.5. The average Bonchev–Trinajstić information content (AvgIpc) is 3.49. The van der Waals surface area contributed by atoms with E-state index in [1.54, 1.807) is 17.8 Å². The van der Waals surface area contributed by atoms with Gasteiger partial charge in [0.15, 0.2) is 5.69 Å². The van der Waals surface area contributed by atoms with Gasteiger partial charge in [0, 0.05) is 36.6 Å². The number of rotatable bonds is 4. The molecule has 0 spiro atoms. The molecule has 18 heteroatoms. The molecule has 0 saturated heterocycles. The molecule has 0 saturated carbocycles. The number of nitrogens with one attached hydrogen (secondary N) is 3. The summed E-state index contributed by atoms with van der Waals surface area (Å²) in [5.41, 5.74) is 0.110. The Kier molecular flexibility index (Phi) is 9.82. The van der Waals surface area contributed by atoms with E-state index in [2.05, 4.69) is 36.0 Å². The molecule has 4 aliphatic rings. The van der Waals surface area contributed by atoms with Crippen molar-refractivity contribution in [3.05, 3.63) is 64.7 Å². The van der Waals surface area contributed by atoms with Gasteiger partial charge in [-0.2, -0.15) is 23.3 Å². The summed E-state index contributed by atoms with van der Waals surface area (Å²) in [7, 11) is -0.915. The predicted octanol–water partition coefficient (Wildman–Crippen LogP) is 6.41. The van der Waals surface area contributed by atoms with Gasteiger partial charge in [-0.15, -0.1) is 0 Å². The zero-order valence-corrected chi connectivity index (χ0v) is 26.5. The van der Waals surface area contributed by atoms with Gasteiger partial charge in [-0.1, -0.05) is 11.6 Å². The van der Waals surface area contributed by atoms with E-state index in [0.29, 0.717) is 36.0 Å². The smallest absolute Gasteiger partial charge is 0.421 e. The molecule has 7 heterocycles. The fourth-order valence-corrected chi connectivity index (χ4v) is 6.63. The Bertz CT molecular complexity index is 1810. The van der Waals surface area contributed by atoms with Crippen molar-refractivity contribution in [1.82, 2.24) is 30.0 Å². The maximum absolute atomic E-state index is 14.1. The minimum atomic E-state index is -4.85. The monoisotopic (exact) mass is 680 g/mol. The normalized spacial score (nSPS) is 16.9. The number of amides is 1. The summed E-state index contributed by atoms with van der Waals surface area (Å²) in [6, 6.07) is 5.91. The van der Waals surface area contributed by atoms with Crippen LogP contribution in [0, 0.1) is 0 Å². The van der Waals surface area contributed by atoms with Crippen molar-refractivity contribution < 1.29 is 36.3 Å². The summed E-state index contributed by atoms with van der Waals surface area (Å²) < 4.78 is 74.2. The summed E-state index contributed by atoms with van der Waals surface area (Å²) in [5.74, 6) is -1.33. The number of nitrogens with zero attached hydrogens (tertiary/aromatic N) is 5. The Balaban J connectivity index is 1.64. The van der Waals surface area contributed by atoms with E-state index in [9.17, 15) is 22.5 Å². The molecule has 4 aliphatic heterocycles. The van der Waals surface area contributed by atoms with Gasteiger partial charge in [0.05, 0.1) is 49.8 Å². The lowest BCUT2D eigenvalue weighted by molar-refractivity contribution is -0.137. The molecule has 244 valence electrons. The second kappa shape index (κ2) is 13.6. The molecule has 0 aliphatic carbocycles. The van der Waals surface area contributed by atoms with Crippen molar-refractivity contribution in [3.63, 3.8) is 0 Å². The summed E-state index contributed by atoms with van der Waals surface area (Å²) >= 11 is 6.56. The van der Waals surface area contributed by atoms with E-state index in [4.69, 9.17) is 25.4 Å². The molecule has 46 heavy (non-hydrogen) atoms. The largest absolute Gasteiger partial charge is 0.495 e. The van der Waals surface area contributed by atoms with Crippen LogP contribution in [0.2, 0.25) is 5.02 Å². The molecule has 8 bridgehead atoms. The number of alkyl halides is 3. The first kappa shape index (κ1) is 33.1. The lowest BCUT2D eigenvalue weighted by Crippen LogP contribution is -2.21. The van der Waals surface area contributed by atoms with Gasteiger partial charge in [0.2, 0.25) is 5.95 Å². The zero-order chi connectivity index (χ0) is 33.1. The highest BCUT2D eigenvalue weighted by Crippen LogP contribution is 2.53. The standard InChI is InChI=1S/C28H29ClF3N8O5P/c1-4-44-46(42)15-16-10-23(43-3)22(11-19(16)29)38-27-34-13-18(28(30,31)32)25(39-27)37-21-7-6-20(36-24(21)26(41)33-2)17-12-35-40(14-17)8-5-9-45-46/h6-7,10-14H,4-5,8-9,15H2,1-3H3,(H,33,41)(H2,34,37,38,39)/t46-/m1/s1. The molecule has 1 aromatic carbocycles. The summed E-state index contributed by atoms with van der Waals surface area (Å²) in [6.07, 6.45) is -0.758. The number of methoxy groups -OCH3 is 1. The Hall–Kier alpha value is -4.24. The fraction of sp³-hybridized carbons (Fsp3) is 0.321. The van der Waals surface area contributed by atoms with Crippen LogP contribution in [0.3, 0.4) is 0 Å². The third-order valence-corrected chi connectivity index (χ3v) is 9.05. The zero-order valence-electron chi connectivity index (χ0n) is 24.8. The van der Waals surface area contributed by atoms with Crippen LogP contribution >= 0.6 is 19.2 Å². The lowest BCUT2D eigenvalue weighted by Gasteiger charge is -2.20. The minimum Gasteiger partial charge on any atom is -0.495 e. The van der Waals surface area contributed by atoms with Crippen molar-refractivity contribution in [2.45, 2.75) is 32.2 Å². The highest BCUT2D eigenvalue weighted by Gasteiger charge is 2.36. The van der Waals surface area contributed by atoms with E-state index >= 15 is 0 Å². The number of anilines is 4. The fourth-order valence-electron chi connectivity index (χ4n) is 4.57. The van der Waals surface area contributed by atoms with Crippen LogP contribution in [-0.2, 0) is 32.5 Å². The van der Waals surface area contributed by atoms with Crippen LogP contribution in [0.4, 0.5) is 36.3 Å². The Morgan fingerprint density at radius 1 is 1.20 bits per heavy atom. The molecule has 0 radical (unpaired) electrons. The number of aryl methyl sites for hydroxylation is 1. The van der Waals surface area contributed by atoms with Gasteiger partial charge in [-0.25, -0.2) is 9.97 Å². The first-order chi connectivity index (χ1) is 21.9. The molecule has 13 nitrogen and oxygen atoms in total. The molecule has 3 aromatic heterocycles. The SMILES string of the molecule is CCO[P@]1(=O)Cc2cc(OC)c(cc2Cl)Nc2ncc(C(F)(F)F)c(n2)Nc2ccc(nc2C(=O)NC)-c2cnn(c2)CCCO1. The van der Waals surface area contributed by atoms with E-state index in [1.165, 1.54) is 44.6 Å². The van der Waals surface area contributed by atoms with Crippen molar-refractivity contribution >= 4 is 48.2 Å². The van der Waals surface area contributed by atoms with Crippen LogP contribution in [0.1, 0.15) is 35.0 Å². The first-order valence-electron chi connectivity index (χ1n) is 13.9. The number of halogens is 4. The van der Waals surface area contributed by atoms with Crippen molar-refractivity contribution in [2.75, 3.05) is 38.0 Å². The molecular weight excluding hydrogens is 652 g/mol. The first-order valence-corrected chi connectivity index (χ1v) is 16.0. The third-order valence-electron chi connectivity index (χ3n) is 6.74. The van der Waals surface area contributed by atoms with Gasteiger partial charge < -0.3 is 29.7 Å². The van der Waals surface area contributed by atoms with Gasteiger partial charge in [0.1, 0.15) is 17.1 Å². The number of ether oxygens (including phenoxy) is 1. The summed E-state index contributed by atoms with van der Waals surface area (Å²) in [5, 5.41) is 12.4. The van der Waals surface area contributed by atoms with E-state index in [-0.39, 0.29) is 53.2 Å².